The van der Waals surface area contributed by atoms with E-state index in [9.17, 15) is 13.2 Å². The van der Waals surface area contributed by atoms with E-state index in [0.717, 1.165) is 25.5 Å². The standard InChI is InChI=1S/C11H11ClF3N/c12-8-4-7(10-2-1-3-16-10)9(13)5-6(8)11(14)15/h4-5,10-11,16H,1-3H2/t10-/m1/s1. The van der Waals surface area contributed by atoms with Gasteiger partial charge in [-0.25, -0.2) is 13.2 Å². The third-order valence-corrected chi connectivity index (χ3v) is 3.11. The van der Waals surface area contributed by atoms with Crippen LogP contribution in [0, 0.1) is 5.82 Å². The Morgan fingerprint density at radius 2 is 2.12 bits per heavy atom. The zero-order valence-electron chi connectivity index (χ0n) is 8.44. The minimum absolute atomic E-state index is 0.0694. The summed E-state index contributed by atoms with van der Waals surface area (Å²) >= 11 is 5.70. The van der Waals surface area contributed by atoms with Crippen LogP contribution < -0.4 is 5.32 Å². The fourth-order valence-corrected chi connectivity index (χ4v) is 2.22. The normalized spacial score (nSPS) is 20.7. The van der Waals surface area contributed by atoms with Gasteiger partial charge in [-0.15, -0.1) is 0 Å². The SMILES string of the molecule is Fc1cc(C(F)F)c(Cl)cc1[C@H]1CCCN1. The van der Waals surface area contributed by atoms with Crippen molar-refractivity contribution in [1.29, 1.82) is 0 Å². The molecular formula is C11H11ClF3N. The van der Waals surface area contributed by atoms with Crippen LogP contribution in [0.4, 0.5) is 13.2 Å². The highest BCUT2D eigenvalue weighted by Crippen LogP contribution is 2.33. The largest absolute Gasteiger partial charge is 0.310 e. The van der Waals surface area contributed by atoms with Gasteiger partial charge in [0.25, 0.3) is 6.43 Å². The third-order valence-electron chi connectivity index (χ3n) is 2.79. The number of hydrogen-bond acceptors (Lipinski definition) is 1. The van der Waals surface area contributed by atoms with Crippen LogP contribution in [0.3, 0.4) is 0 Å². The second kappa shape index (κ2) is 4.63. The van der Waals surface area contributed by atoms with Crippen molar-refractivity contribution in [2.75, 3.05) is 6.54 Å². The van der Waals surface area contributed by atoms with Gasteiger partial charge in [0.2, 0.25) is 0 Å². The van der Waals surface area contributed by atoms with Crippen molar-refractivity contribution in [3.63, 3.8) is 0 Å². The first-order valence-electron chi connectivity index (χ1n) is 5.10. The Labute approximate surface area is 96.6 Å². The quantitative estimate of drug-likeness (QED) is 0.840. The summed E-state index contributed by atoms with van der Waals surface area (Å²) in [6, 6.07) is 2.04. The molecule has 0 aliphatic carbocycles. The van der Waals surface area contributed by atoms with Crippen LogP contribution in [0.25, 0.3) is 0 Å². The second-order valence-electron chi connectivity index (χ2n) is 3.84. The van der Waals surface area contributed by atoms with Gasteiger partial charge in [-0.3, -0.25) is 0 Å². The maximum Gasteiger partial charge on any atom is 0.265 e. The molecule has 88 valence electrons. The van der Waals surface area contributed by atoms with E-state index in [-0.39, 0.29) is 11.1 Å². The molecule has 1 aliphatic heterocycles. The molecule has 5 heteroatoms. The molecule has 1 N–H and O–H groups in total. The third kappa shape index (κ3) is 2.18. The van der Waals surface area contributed by atoms with Crippen molar-refractivity contribution in [2.24, 2.45) is 0 Å². The lowest BCUT2D eigenvalue weighted by molar-refractivity contribution is 0.151. The molecule has 1 atom stereocenters. The van der Waals surface area contributed by atoms with Gasteiger partial charge in [-0.05, 0) is 31.5 Å². The Morgan fingerprint density at radius 3 is 2.69 bits per heavy atom. The van der Waals surface area contributed by atoms with Crippen LogP contribution in [0.1, 0.15) is 36.4 Å². The van der Waals surface area contributed by atoms with Gasteiger partial charge in [0, 0.05) is 22.2 Å². The predicted octanol–water partition coefficient (Wildman–Crippen LogP) is 3.84. The maximum atomic E-state index is 13.6. The number of alkyl halides is 2. The second-order valence-corrected chi connectivity index (χ2v) is 4.25. The Bertz CT molecular complexity index is 389. The lowest BCUT2D eigenvalue weighted by Crippen LogP contribution is -2.14. The van der Waals surface area contributed by atoms with Gasteiger partial charge in [0.05, 0.1) is 0 Å². The highest BCUT2D eigenvalue weighted by molar-refractivity contribution is 6.31. The summed E-state index contributed by atoms with van der Waals surface area (Å²) in [5, 5.41) is 3.03. The topological polar surface area (TPSA) is 12.0 Å². The highest BCUT2D eigenvalue weighted by atomic mass is 35.5. The van der Waals surface area contributed by atoms with Crippen LogP contribution in [0.5, 0.6) is 0 Å². The predicted molar refractivity (Wildman–Crippen MR) is 56.3 cm³/mol. The fraction of sp³-hybridized carbons (Fsp3) is 0.455. The van der Waals surface area contributed by atoms with E-state index in [1.807, 2.05) is 0 Å². The Balaban J connectivity index is 2.37. The van der Waals surface area contributed by atoms with Crippen LogP contribution in [0.2, 0.25) is 5.02 Å². The first-order chi connectivity index (χ1) is 7.59. The van der Waals surface area contributed by atoms with Crippen molar-refractivity contribution >= 4 is 11.6 Å². The monoisotopic (exact) mass is 249 g/mol. The van der Waals surface area contributed by atoms with Crippen molar-refractivity contribution in [3.05, 3.63) is 34.1 Å². The lowest BCUT2D eigenvalue weighted by atomic mass is 10.0. The van der Waals surface area contributed by atoms with Gasteiger partial charge in [-0.1, -0.05) is 11.6 Å². The smallest absolute Gasteiger partial charge is 0.265 e. The molecule has 0 aromatic heterocycles. The van der Waals surface area contributed by atoms with Crippen LogP contribution in [0.15, 0.2) is 12.1 Å². The first-order valence-corrected chi connectivity index (χ1v) is 5.47. The molecule has 1 heterocycles. The van der Waals surface area contributed by atoms with Crippen molar-refractivity contribution in [2.45, 2.75) is 25.3 Å². The van der Waals surface area contributed by atoms with E-state index in [2.05, 4.69) is 5.32 Å². The average Bonchev–Trinajstić information content (AvgIpc) is 2.73. The summed E-state index contributed by atoms with van der Waals surface area (Å²) in [7, 11) is 0. The minimum atomic E-state index is -2.74. The minimum Gasteiger partial charge on any atom is -0.310 e. The molecule has 1 aliphatic rings. The molecule has 1 aromatic rings. The fourth-order valence-electron chi connectivity index (χ4n) is 1.96. The van der Waals surface area contributed by atoms with Crippen LogP contribution >= 0.6 is 11.6 Å². The summed E-state index contributed by atoms with van der Waals surface area (Å²) in [6.07, 6.45) is -0.979. The van der Waals surface area contributed by atoms with Gasteiger partial charge >= 0.3 is 0 Å². The Hall–Kier alpha value is -0.740. The zero-order valence-corrected chi connectivity index (χ0v) is 9.20. The van der Waals surface area contributed by atoms with Crippen molar-refractivity contribution in [3.8, 4) is 0 Å². The summed E-state index contributed by atoms with van der Waals surface area (Å²) < 4.78 is 38.5. The van der Waals surface area contributed by atoms with E-state index in [1.54, 1.807) is 0 Å². The number of halogens is 4. The van der Waals surface area contributed by atoms with E-state index in [4.69, 9.17) is 11.6 Å². The van der Waals surface area contributed by atoms with Crippen LogP contribution in [-0.4, -0.2) is 6.54 Å². The molecule has 0 radical (unpaired) electrons. The Morgan fingerprint density at radius 1 is 1.38 bits per heavy atom. The maximum absolute atomic E-state index is 13.6. The number of nitrogens with one attached hydrogen (secondary N) is 1. The summed E-state index contributed by atoms with van der Waals surface area (Å²) in [6.45, 7) is 0.818. The molecule has 1 nitrogen and oxygen atoms in total. The molecule has 0 spiro atoms. The van der Waals surface area contributed by atoms with Gasteiger partial charge in [0.1, 0.15) is 5.82 Å². The van der Waals surface area contributed by atoms with Crippen LogP contribution in [-0.2, 0) is 0 Å². The lowest BCUT2D eigenvalue weighted by Gasteiger charge is -2.14. The molecule has 2 rings (SSSR count). The summed E-state index contributed by atoms with van der Waals surface area (Å²) in [5.74, 6) is -0.612. The van der Waals surface area contributed by atoms with Crippen molar-refractivity contribution in [1.82, 2.24) is 5.32 Å². The molecular weight excluding hydrogens is 239 g/mol. The van der Waals surface area contributed by atoms with E-state index in [1.165, 1.54) is 6.07 Å². The molecule has 0 amide bonds. The van der Waals surface area contributed by atoms with Gasteiger partial charge in [0.15, 0.2) is 0 Å². The molecule has 1 aromatic carbocycles. The molecule has 16 heavy (non-hydrogen) atoms. The Kier molecular flexibility index (Phi) is 3.40. The summed E-state index contributed by atoms with van der Waals surface area (Å²) in [4.78, 5) is 0. The molecule has 1 fully saturated rings. The molecule has 0 saturated carbocycles. The van der Waals surface area contributed by atoms with Gasteiger partial charge < -0.3 is 5.32 Å². The van der Waals surface area contributed by atoms with E-state index < -0.39 is 17.8 Å². The summed E-state index contributed by atoms with van der Waals surface area (Å²) in [5.41, 5.74) is -0.0622. The van der Waals surface area contributed by atoms with E-state index >= 15 is 0 Å². The zero-order chi connectivity index (χ0) is 11.7. The molecule has 0 unspecified atom stereocenters. The molecule has 1 saturated heterocycles. The average molecular weight is 250 g/mol. The highest BCUT2D eigenvalue weighted by Gasteiger charge is 2.23. The number of rotatable bonds is 2. The van der Waals surface area contributed by atoms with E-state index in [0.29, 0.717) is 5.56 Å². The number of hydrogen-bond donors (Lipinski definition) is 1. The number of benzene rings is 1. The van der Waals surface area contributed by atoms with Crippen molar-refractivity contribution < 1.29 is 13.2 Å². The first kappa shape index (κ1) is 11.7. The van der Waals surface area contributed by atoms with Gasteiger partial charge in [-0.2, -0.15) is 0 Å². The molecule has 0 bridgehead atoms.